The molecule has 0 radical (unpaired) electrons. The van der Waals surface area contributed by atoms with Gasteiger partial charge >= 0.3 is 6.03 Å². The molecular weight excluding hydrogens is 311 g/mol. The van der Waals surface area contributed by atoms with Crippen molar-refractivity contribution < 1.29 is 19.0 Å². The van der Waals surface area contributed by atoms with Crippen LogP contribution >= 0.6 is 0 Å². The van der Waals surface area contributed by atoms with Gasteiger partial charge in [0.2, 0.25) is 0 Å². The Hall–Kier alpha value is -1.82. The van der Waals surface area contributed by atoms with Crippen LogP contribution in [0.3, 0.4) is 0 Å². The van der Waals surface area contributed by atoms with Gasteiger partial charge in [-0.1, -0.05) is 19.9 Å². The Morgan fingerprint density at radius 1 is 1.46 bits per heavy atom. The maximum atomic E-state index is 13.2. The summed E-state index contributed by atoms with van der Waals surface area (Å²) < 4.78 is 18.9. The van der Waals surface area contributed by atoms with Gasteiger partial charge in [0.15, 0.2) is 0 Å². The van der Waals surface area contributed by atoms with Gasteiger partial charge in [-0.15, -0.1) is 0 Å². The summed E-state index contributed by atoms with van der Waals surface area (Å²) in [5.41, 5.74) is -0.0801. The Bertz CT molecular complexity index is 545. The first-order valence-electron chi connectivity index (χ1n) is 8.51. The highest BCUT2D eigenvalue weighted by Gasteiger charge is 2.31. The summed E-state index contributed by atoms with van der Waals surface area (Å²) in [6.07, 6.45) is 2.10. The number of urea groups is 1. The fourth-order valence-electron chi connectivity index (χ4n) is 2.72. The van der Waals surface area contributed by atoms with Crippen LogP contribution in [0.2, 0.25) is 0 Å². The van der Waals surface area contributed by atoms with Crippen molar-refractivity contribution in [3.8, 4) is 5.75 Å². The fourth-order valence-corrected chi connectivity index (χ4v) is 2.72. The molecule has 6 heteroatoms. The zero-order chi connectivity index (χ0) is 17.6. The number of hydrogen-bond donors (Lipinski definition) is 2. The van der Waals surface area contributed by atoms with Crippen molar-refractivity contribution in [1.82, 2.24) is 10.2 Å². The average Bonchev–Trinajstić information content (AvgIpc) is 2.59. The van der Waals surface area contributed by atoms with Crippen molar-refractivity contribution in [3.05, 3.63) is 30.1 Å². The smallest absolute Gasteiger partial charge is 0.317 e. The number of likely N-dealkylation sites (tertiary alicyclic amines) is 1. The lowest BCUT2D eigenvalue weighted by Crippen LogP contribution is -2.49. The highest BCUT2D eigenvalue weighted by atomic mass is 19.1. The van der Waals surface area contributed by atoms with Gasteiger partial charge in [0.1, 0.15) is 17.7 Å². The normalized spacial score (nSPS) is 18.1. The van der Waals surface area contributed by atoms with Gasteiger partial charge in [-0.05, 0) is 36.8 Å². The molecule has 1 saturated heterocycles. The third-order valence-electron chi connectivity index (χ3n) is 4.67. The first kappa shape index (κ1) is 18.5. The van der Waals surface area contributed by atoms with Crippen LogP contribution in [0.1, 0.15) is 33.1 Å². The van der Waals surface area contributed by atoms with Crippen LogP contribution in [0.25, 0.3) is 0 Å². The summed E-state index contributed by atoms with van der Waals surface area (Å²) in [4.78, 5) is 14.0. The lowest BCUT2D eigenvalue weighted by molar-refractivity contribution is 0.0692. The van der Waals surface area contributed by atoms with Crippen LogP contribution in [-0.2, 0) is 0 Å². The second-order valence-corrected chi connectivity index (χ2v) is 6.75. The fraction of sp³-hybridized carbons (Fsp3) is 0.611. The molecule has 2 N–H and O–H groups in total. The lowest BCUT2D eigenvalue weighted by atomic mass is 9.81. The summed E-state index contributed by atoms with van der Waals surface area (Å²) in [5, 5.41) is 12.3. The molecule has 2 amide bonds. The molecule has 1 aromatic carbocycles. The highest BCUT2D eigenvalue weighted by molar-refractivity contribution is 5.74. The van der Waals surface area contributed by atoms with Gasteiger partial charge in [-0.25, -0.2) is 9.18 Å². The van der Waals surface area contributed by atoms with E-state index < -0.39 is 0 Å². The summed E-state index contributed by atoms with van der Waals surface area (Å²) in [6.45, 7) is 5.82. The third-order valence-corrected chi connectivity index (χ3v) is 4.67. The van der Waals surface area contributed by atoms with Crippen LogP contribution in [0.5, 0.6) is 5.75 Å². The van der Waals surface area contributed by atoms with Crippen molar-refractivity contribution in [3.63, 3.8) is 0 Å². The highest BCUT2D eigenvalue weighted by Crippen LogP contribution is 2.29. The number of carbonyl (C=O) groups excluding carboxylic acids is 1. The Morgan fingerprint density at radius 2 is 2.17 bits per heavy atom. The van der Waals surface area contributed by atoms with Crippen LogP contribution in [0, 0.1) is 11.2 Å². The summed E-state index contributed by atoms with van der Waals surface area (Å²) in [5.74, 6) is 0.124. The van der Waals surface area contributed by atoms with Gasteiger partial charge in [0, 0.05) is 25.8 Å². The van der Waals surface area contributed by atoms with E-state index >= 15 is 0 Å². The molecule has 1 heterocycles. The third kappa shape index (κ3) is 5.09. The van der Waals surface area contributed by atoms with E-state index in [2.05, 4.69) is 5.32 Å². The molecule has 0 spiro atoms. The van der Waals surface area contributed by atoms with E-state index in [1.54, 1.807) is 17.0 Å². The second-order valence-electron chi connectivity index (χ2n) is 6.75. The molecule has 1 aromatic rings. The average molecular weight is 338 g/mol. The van der Waals surface area contributed by atoms with Gasteiger partial charge in [0.25, 0.3) is 0 Å². The second kappa shape index (κ2) is 8.33. The maximum Gasteiger partial charge on any atom is 0.317 e. The molecule has 0 aromatic heterocycles. The molecule has 2 rings (SSSR count). The van der Waals surface area contributed by atoms with Crippen molar-refractivity contribution in [1.29, 1.82) is 0 Å². The minimum atomic E-state index is -0.341. The first-order valence-corrected chi connectivity index (χ1v) is 8.51. The van der Waals surface area contributed by atoms with Crippen LogP contribution in [0.15, 0.2) is 24.3 Å². The molecule has 5 nitrogen and oxygen atoms in total. The number of hydrogen-bond acceptors (Lipinski definition) is 3. The van der Waals surface area contributed by atoms with Crippen LogP contribution in [-0.4, -0.2) is 48.4 Å². The Balaban J connectivity index is 1.79. The molecule has 0 aliphatic carbocycles. The summed E-state index contributed by atoms with van der Waals surface area (Å²) in [6, 6.07) is 5.89. The quantitative estimate of drug-likeness (QED) is 0.838. The number of amides is 2. The van der Waals surface area contributed by atoms with E-state index in [0.717, 1.165) is 12.8 Å². The zero-order valence-corrected chi connectivity index (χ0v) is 14.4. The molecule has 1 aliphatic rings. The van der Waals surface area contributed by atoms with Crippen molar-refractivity contribution in [2.75, 3.05) is 26.2 Å². The molecule has 0 unspecified atom stereocenters. The number of benzene rings is 1. The largest absolute Gasteiger partial charge is 0.489 e. The molecule has 1 fully saturated rings. The van der Waals surface area contributed by atoms with Crippen molar-refractivity contribution >= 4 is 6.03 Å². The van der Waals surface area contributed by atoms with Crippen molar-refractivity contribution in [2.24, 2.45) is 5.41 Å². The number of carbonyl (C=O) groups is 1. The topological polar surface area (TPSA) is 61.8 Å². The number of piperidine rings is 1. The summed E-state index contributed by atoms with van der Waals surface area (Å²) >= 11 is 0. The number of rotatable bonds is 6. The molecule has 24 heavy (non-hydrogen) atoms. The number of halogens is 1. The minimum absolute atomic E-state index is 0.0801. The Morgan fingerprint density at radius 3 is 2.75 bits per heavy atom. The van der Waals surface area contributed by atoms with E-state index in [1.807, 2.05) is 13.8 Å². The Kier molecular flexibility index (Phi) is 6.43. The predicted octanol–water partition coefficient (Wildman–Crippen LogP) is 2.79. The summed E-state index contributed by atoms with van der Waals surface area (Å²) in [7, 11) is 0. The number of ether oxygens (including phenoxy) is 1. The van der Waals surface area contributed by atoms with Gasteiger partial charge < -0.3 is 20.1 Å². The molecule has 1 atom stereocenters. The van der Waals surface area contributed by atoms with Gasteiger partial charge in [-0.2, -0.15) is 0 Å². The van der Waals surface area contributed by atoms with E-state index in [0.29, 0.717) is 31.8 Å². The van der Waals surface area contributed by atoms with E-state index in [1.165, 1.54) is 12.1 Å². The van der Waals surface area contributed by atoms with Gasteiger partial charge in [-0.3, -0.25) is 0 Å². The zero-order valence-electron chi connectivity index (χ0n) is 14.4. The molecule has 0 saturated carbocycles. The SMILES string of the molecule is CC[C@H](CNC(=O)N1CCC(C)(CO)CC1)Oc1cccc(F)c1. The van der Waals surface area contributed by atoms with Gasteiger partial charge in [0.05, 0.1) is 6.54 Å². The molecule has 0 bridgehead atoms. The number of nitrogens with one attached hydrogen (secondary N) is 1. The lowest BCUT2D eigenvalue weighted by Gasteiger charge is -2.38. The Labute approximate surface area is 142 Å². The van der Waals surface area contributed by atoms with E-state index in [4.69, 9.17) is 4.74 Å². The first-order chi connectivity index (χ1) is 11.5. The standard InChI is InChI=1S/C18H27FN2O3/c1-3-15(24-16-6-4-5-14(19)11-16)12-20-17(23)21-9-7-18(2,13-22)8-10-21/h4-6,11,15,22H,3,7-10,12-13H2,1-2H3,(H,20,23)/t15-/m1/s1. The molecule has 1 aliphatic heterocycles. The minimum Gasteiger partial charge on any atom is -0.489 e. The van der Waals surface area contributed by atoms with E-state index in [9.17, 15) is 14.3 Å². The monoisotopic (exact) mass is 338 g/mol. The maximum absolute atomic E-state index is 13.2. The van der Waals surface area contributed by atoms with Crippen molar-refractivity contribution in [2.45, 2.75) is 39.2 Å². The predicted molar refractivity (Wildman–Crippen MR) is 90.5 cm³/mol. The molecule has 134 valence electrons. The number of aliphatic hydroxyl groups is 1. The van der Waals surface area contributed by atoms with E-state index in [-0.39, 0.29) is 30.0 Å². The number of nitrogens with zero attached hydrogens (tertiary/aromatic N) is 1. The van der Waals surface area contributed by atoms with Crippen LogP contribution in [0.4, 0.5) is 9.18 Å². The van der Waals surface area contributed by atoms with Crippen LogP contribution < -0.4 is 10.1 Å². The molecular formula is C18H27FN2O3. The number of aliphatic hydroxyl groups excluding tert-OH is 1.